The molecular weight excluding hydrogens is 376 g/mol. The van der Waals surface area contributed by atoms with Crippen LogP contribution in [-0.2, 0) is 10.0 Å². The van der Waals surface area contributed by atoms with Crippen LogP contribution in [0.15, 0.2) is 53.4 Å². The maximum atomic E-state index is 12.8. The second-order valence-electron chi connectivity index (χ2n) is 6.94. The van der Waals surface area contributed by atoms with Crippen molar-refractivity contribution in [1.82, 2.24) is 9.21 Å². The number of aryl methyl sites for hydroxylation is 1. The van der Waals surface area contributed by atoms with Gasteiger partial charge in [0.1, 0.15) is 12.4 Å². The molecule has 1 saturated heterocycles. The van der Waals surface area contributed by atoms with E-state index < -0.39 is 10.0 Å². The van der Waals surface area contributed by atoms with Crippen molar-refractivity contribution in [3.63, 3.8) is 0 Å². The van der Waals surface area contributed by atoms with Gasteiger partial charge in [-0.05, 0) is 37.6 Å². The summed E-state index contributed by atoms with van der Waals surface area (Å²) >= 11 is 0. The first-order chi connectivity index (χ1) is 13.4. The van der Waals surface area contributed by atoms with Crippen molar-refractivity contribution in [3.8, 4) is 5.75 Å². The summed E-state index contributed by atoms with van der Waals surface area (Å²) < 4.78 is 33.0. The summed E-state index contributed by atoms with van der Waals surface area (Å²) in [6, 6.07) is 14.1. The number of benzene rings is 2. The fourth-order valence-electron chi connectivity index (χ4n) is 3.21. The van der Waals surface area contributed by atoms with Crippen LogP contribution in [0.1, 0.15) is 22.8 Å². The normalized spacial score (nSPS) is 16.1. The summed E-state index contributed by atoms with van der Waals surface area (Å²) in [6.07, 6.45) is 0. The number of carbonyl (C=O) groups excluding carboxylic acids is 1. The van der Waals surface area contributed by atoms with Crippen molar-refractivity contribution >= 4 is 15.8 Å². The Labute approximate surface area is 166 Å². The molecule has 7 heteroatoms. The van der Waals surface area contributed by atoms with E-state index in [2.05, 4.69) is 4.90 Å². The monoisotopic (exact) mass is 402 g/mol. The predicted molar refractivity (Wildman–Crippen MR) is 108 cm³/mol. The van der Waals surface area contributed by atoms with E-state index in [0.717, 1.165) is 17.9 Å². The molecule has 0 atom stereocenters. The third kappa shape index (κ3) is 4.79. The number of ether oxygens (including phenoxy) is 1. The first kappa shape index (κ1) is 20.5. The highest BCUT2D eigenvalue weighted by Gasteiger charge is 2.28. The number of piperazine rings is 1. The minimum atomic E-state index is -3.53. The molecule has 2 aromatic rings. The molecule has 0 unspecified atom stereocenters. The summed E-state index contributed by atoms with van der Waals surface area (Å²) in [6.45, 7) is 7.04. The van der Waals surface area contributed by atoms with Crippen LogP contribution >= 0.6 is 0 Å². The van der Waals surface area contributed by atoms with E-state index in [1.807, 2.05) is 31.2 Å². The fraction of sp³-hybridized carbons (Fsp3) is 0.381. The Morgan fingerprint density at radius 3 is 2.25 bits per heavy atom. The largest absolute Gasteiger partial charge is 0.492 e. The molecule has 1 fully saturated rings. The lowest BCUT2D eigenvalue weighted by molar-refractivity contribution is 0.101. The quantitative estimate of drug-likeness (QED) is 0.666. The maximum absolute atomic E-state index is 12.8. The molecule has 1 heterocycles. The Morgan fingerprint density at radius 1 is 1.00 bits per heavy atom. The highest BCUT2D eigenvalue weighted by Crippen LogP contribution is 2.19. The number of hydrogen-bond donors (Lipinski definition) is 0. The zero-order chi connectivity index (χ0) is 20.1. The Bertz CT molecular complexity index is 918. The molecule has 150 valence electrons. The standard InChI is InChI=1S/C21H26N2O4S/c1-17-5-3-4-6-21(17)27-16-15-22-11-13-23(14-12-22)28(25,26)20-9-7-19(8-10-20)18(2)24/h3-10H,11-16H2,1-2H3. The molecule has 0 N–H and O–H groups in total. The van der Waals surface area contributed by atoms with Gasteiger partial charge in [-0.1, -0.05) is 30.3 Å². The lowest BCUT2D eigenvalue weighted by atomic mass is 10.2. The van der Waals surface area contributed by atoms with Crippen LogP contribution in [0.4, 0.5) is 0 Å². The van der Waals surface area contributed by atoms with Gasteiger partial charge >= 0.3 is 0 Å². The van der Waals surface area contributed by atoms with Crippen LogP contribution in [-0.4, -0.2) is 62.7 Å². The van der Waals surface area contributed by atoms with Crippen LogP contribution < -0.4 is 4.74 Å². The van der Waals surface area contributed by atoms with Gasteiger partial charge in [-0.25, -0.2) is 8.42 Å². The SMILES string of the molecule is CC(=O)c1ccc(S(=O)(=O)N2CCN(CCOc3ccccc3C)CC2)cc1. The van der Waals surface area contributed by atoms with Crippen LogP contribution in [0.25, 0.3) is 0 Å². The molecule has 0 aliphatic carbocycles. The minimum Gasteiger partial charge on any atom is -0.492 e. The van der Waals surface area contributed by atoms with Crippen LogP contribution in [0.5, 0.6) is 5.75 Å². The smallest absolute Gasteiger partial charge is 0.243 e. The zero-order valence-corrected chi connectivity index (χ0v) is 17.1. The van der Waals surface area contributed by atoms with Gasteiger partial charge in [0, 0.05) is 38.3 Å². The number of nitrogens with zero attached hydrogens (tertiary/aromatic N) is 2. The molecule has 0 spiro atoms. The summed E-state index contributed by atoms with van der Waals surface area (Å²) in [5.41, 5.74) is 1.62. The first-order valence-corrected chi connectivity index (χ1v) is 10.8. The number of ketones is 1. The van der Waals surface area contributed by atoms with Crippen molar-refractivity contribution in [2.24, 2.45) is 0 Å². The molecule has 1 aliphatic heterocycles. The molecule has 0 radical (unpaired) electrons. The fourth-order valence-corrected chi connectivity index (χ4v) is 4.63. The summed E-state index contributed by atoms with van der Waals surface area (Å²) in [4.78, 5) is 13.8. The molecule has 6 nitrogen and oxygen atoms in total. The van der Waals surface area contributed by atoms with Crippen molar-refractivity contribution in [2.75, 3.05) is 39.3 Å². The highest BCUT2D eigenvalue weighted by molar-refractivity contribution is 7.89. The van der Waals surface area contributed by atoms with E-state index in [4.69, 9.17) is 4.74 Å². The van der Waals surface area contributed by atoms with Crippen molar-refractivity contribution < 1.29 is 17.9 Å². The average molecular weight is 403 g/mol. The number of hydrogen-bond acceptors (Lipinski definition) is 5. The van der Waals surface area contributed by atoms with E-state index in [0.29, 0.717) is 38.3 Å². The summed E-state index contributed by atoms with van der Waals surface area (Å²) in [5, 5.41) is 0. The lowest BCUT2D eigenvalue weighted by Crippen LogP contribution is -2.49. The van der Waals surface area contributed by atoms with Gasteiger partial charge in [0.05, 0.1) is 4.90 Å². The number of Topliss-reactive ketones (excluding diaryl/α,β-unsaturated/α-hetero) is 1. The highest BCUT2D eigenvalue weighted by atomic mass is 32.2. The molecule has 0 saturated carbocycles. The number of sulfonamides is 1. The van der Waals surface area contributed by atoms with Crippen molar-refractivity contribution in [2.45, 2.75) is 18.7 Å². The predicted octanol–water partition coefficient (Wildman–Crippen LogP) is 2.58. The van der Waals surface area contributed by atoms with Crippen molar-refractivity contribution in [3.05, 3.63) is 59.7 Å². The lowest BCUT2D eigenvalue weighted by Gasteiger charge is -2.33. The molecule has 1 aliphatic rings. The zero-order valence-electron chi connectivity index (χ0n) is 16.3. The second kappa shape index (κ2) is 8.86. The van der Waals surface area contributed by atoms with Gasteiger partial charge in [0.2, 0.25) is 10.0 Å². The second-order valence-corrected chi connectivity index (χ2v) is 8.88. The van der Waals surface area contributed by atoms with E-state index in [9.17, 15) is 13.2 Å². The molecule has 0 bridgehead atoms. The molecular formula is C21H26N2O4S. The number of rotatable bonds is 7. The van der Waals surface area contributed by atoms with Gasteiger partial charge in [0.15, 0.2) is 5.78 Å². The Hall–Kier alpha value is -2.22. The molecule has 3 rings (SSSR count). The number of para-hydroxylation sites is 1. The van der Waals surface area contributed by atoms with E-state index in [1.165, 1.54) is 23.4 Å². The van der Waals surface area contributed by atoms with Gasteiger partial charge in [-0.3, -0.25) is 9.69 Å². The van der Waals surface area contributed by atoms with Crippen LogP contribution in [0.3, 0.4) is 0 Å². The van der Waals surface area contributed by atoms with Gasteiger partial charge in [0.25, 0.3) is 0 Å². The molecule has 0 amide bonds. The van der Waals surface area contributed by atoms with E-state index >= 15 is 0 Å². The topological polar surface area (TPSA) is 66.9 Å². The van der Waals surface area contributed by atoms with Crippen molar-refractivity contribution in [1.29, 1.82) is 0 Å². The van der Waals surface area contributed by atoms with Gasteiger partial charge < -0.3 is 4.74 Å². The molecule has 28 heavy (non-hydrogen) atoms. The van der Waals surface area contributed by atoms with E-state index in [1.54, 1.807) is 12.1 Å². The average Bonchev–Trinajstić information content (AvgIpc) is 2.70. The Balaban J connectivity index is 1.51. The molecule has 0 aromatic heterocycles. The van der Waals surface area contributed by atoms with E-state index in [-0.39, 0.29) is 10.7 Å². The minimum absolute atomic E-state index is 0.0783. The summed E-state index contributed by atoms with van der Waals surface area (Å²) in [5.74, 6) is 0.809. The molecule has 2 aromatic carbocycles. The van der Waals surface area contributed by atoms with Gasteiger partial charge in [-0.2, -0.15) is 4.31 Å². The first-order valence-electron chi connectivity index (χ1n) is 9.40. The van der Waals surface area contributed by atoms with Crippen LogP contribution in [0.2, 0.25) is 0 Å². The third-order valence-corrected chi connectivity index (χ3v) is 6.90. The number of carbonyl (C=O) groups is 1. The third-order valence-electron chi connectivity index (χ3n) is 4.99. The summed E-state index contributed by atoms with van der Waals surface area (Å²) in [7, 11) is -3.53. The Kier molecular flexibility index (Phi) is 6.49. The maximum Gasteiger partial charge on any atom is 0.243 e. The Morgan fingerprint density at radius 2 is 1.64 bits per heavy atom. The van der Waals surface area contributed by atoms with Gasteiger partial charge in [-0.15, -0.1) is 0 Å². The van der Waals surface area contributed by atoms with Crippen LogP contribution in [0, 0.1) is 6.92 Å².